The number of nitrogens with two attached hydrogens (primary N) is 1. The van der Waals surface area contributed by atoms with Gasteiger partial charge in [-0.05, 0) is 43.0 Å². The Hall–Kier alpha value is -3.44. The monoisotopic (exact) mass is 425 g/mol. The van der Waals surface area contributed by atoms with Crippen LogP contribution in [0.4, 0.5) is 0 Å². The van der Waals surface area contributed by atoms with Crippen LogP contribution in [0, 0.1) is 0 Å². The quantitative estimate of drug-likeness (QED) is 0.349. The van der Waals surface area contributed by atoms with E-state index < -0.39 is 0 Å². The van der Waals surface area contributed by atoms with Crippen molar-refractivity contribution in [1.82, 2.24) is 4.57 Å². The molecule has 162 valence electrons. The Kier molecular flexibility index (Phi) is 5.73. The summed E-state index contributed by atoms with van der Waals surface area (Å²) in [6, 6.07) is 24.8. The van der Waals surface area contributed by atoms with E-state index in [1.165, 1.54) is 16.5 Å². The molecule has 1 aliphatic rings. The van der Waals surface area contributed by atoms with Crippen molar-refractivity contribution in [2.24, 2.45) is 10.7 Å². The van der Waals surface area contributed by atoms with Gasteiger partial charge in [-0.2, -0.15) is 4.99 Å². The first-order chi connectivity index (χ1) is 15.7. The minimum absolute atomic E-state index is 0.291. The molecule has 3 aromatic carbocycles. The van der Waals surface area contributed by atoms with Gasteiger partial charge >= 0.3 is 0 Å². The topological polar surface area (TPSA) is 69.6 Å². The molecule has 0 unspecified atom stereocenters. The van der Waals surface area contributed by atoms with Crippen LogP contribution in [0.2, 0.25) is 0 Å². The van der Waals surface area contributed by atoms with Crippen LogP contribution in [-0.4, -0.2) is 29.5 Å². The number of hydrogen-bond acceptors (Lipinski definition) is 2. The number of rotatable bonds is 5. The number of aromatic nitrogens is 1. The third-order valence-electron chi connectivity index (χ3n) is 6.27. The standard InChI is InChI=1S/C27H27N3O2/c28-26(13-10-19-6-2-1-3-7-19)29-27(31)20-11-12-23-22-8-4-5-9-24(22)30(25(23)18-20)21-14-16-32-17-15-21/h1-9,11-12,18,21H,10,13-17H2,(H2,28,29,31). The molecular formula is C27H27N3O2. The molecule has 1 aromatic heterocycles. The lowest BCUT2D eigenvalue weighted by molar-refractivity contribution is 0.0717. The Morgan fingerprint density at radius 1 is 0.938 bits per heavy atom. The molecule has 5 rings (SSSR count). The lowest BCUT2D eigenvalue weighted by Crippen LogP contribution is -2.19. The fourth-order valence-electron chi connectivity index (χ4n) is 4.64. The zero-order valence-electron chi connectivity index (χ0n) is 18.0. The summed E-state index contributed by atoms with van der Waals surface area (Å²) in [5, 5.41) is 2.36. The number of ether oxygens (including phenoxy) is 1. The van der Waals surface area contributed by atoms with Gasteiger partial charge in [-0.15, -0.1) is 0 Å². The summed E-state index contributed by atoms with van der Waals surface area (Å²) in [4.78, 5) is 17.1. The first-order valence-corrected chi connectivity index (χ1v) is 11.2. The zero-order chi connectivity index (χ0) is 21.9. The van der Waals surface area contributed by atoms with Gasteiger partial charge < -0.3 is 15.0 Å². The highest BCUT2D eigenvalue weighted by Crippen LogP contribution is 2.35. The van der Waals surface area contributed by atoms with E-state index >= 15 is 0 Å². The number of hydrogen-bond donors (Lipinski definition) is 1. The van der Waals surface area contributed by atoms with Crippen molar-refractivity contribution in [2.45, 2.75) is 31.7 Å². The van der Waals surface area contributed by atoms with Gasteiger partial charge in [0.25, 0.3) is 5.91 Å². The van der Waals surface area contributed by atoms with Crippen molar-refractivity contribution in [2.75, 3.05) is 13.2 Å². The molecule has 1 saturated heterocycles. The predicted octanol–water partition coefficient (Wildman–Crippen LogP) is 5.28. The second-order valence-electron chi connectivity index (χ2n) is 8.36. The molecule has 0 atom stereocenters. The predicted molar refractivity (Wildman–Crippen MR) is 129 cm³/mol. The Bertz CT molecular complexity index is 1280. The van der Waals surface area contributed by atoms with Crippen LogP contribution in [0.3, 0.4) is 0 Å². The van der Waals surface area contributed by atoms with E-state index in [2.05, 4.69) is 46.0 Å². The van der Waals surface area contributed by atoms with E-state index in [1.807, 2.05) is 36.4 Å². The lowest BCUT2D eigenvalue weighted by atomic mass is 10.1. The van der Waals surface area contributed by atoms with Crippen LogP contribution >= 0.6 is 0 Å². The summed E-state index contributed by atoms with van der Waals surface area (Å²) in [5.74, 6) is 0.0742. The number of carbonyl (C=O) groups excluding carboxylic acids is 1. The molecule has 1 aliphatic heterocycles. The number of amidine groups is 1. The largest absolute Gasteiger partial charge is 0.387 e. The molecule has 0 radical (unpaired) electrons. The average Bonchev–Trinajstić information content (AvgIpc) is 3.17. The maximum absolute atomic E-state index is 12.9. The Balaban J connectivity index is 1.47. The van der Waals surface area contributed by atoms with Gasteiger partial charge in [0.2, 0.25) is 0 Å². The molecule has 5 nitrogen and oxygen atoms in total. The zero-order valence-corrected chi connectivity index (χ0v) is 18.0. The second kappa shape index (κ2) is 8.97. The van der Waals surface area contributed by atoms with Gasteiger partial charge in [0, 0.05) is 47.5 Å². The van der Waals surface area contributed by atoms with Crippen LogP contribution in [0.1, 0.15) is 41.2 Å². The number of fused-ring (bicyclic) bond motifs is 3. The molecule has 0 bridgehead atoms. The molecule has 2 N–H and O–H groups in total. The van der Waals surface area contributed by atoms with E-state index in [9.17, 15) is 4.79 Å². The van der Waals surface area contributed by atoms with Gasteiger partial charge in [-0.25, -0.2) is 0 Å². The van der Waals surface area contributed by atoms with Crippen LogP contribution < -0.4 is 5.73 Å². The summed E-state index contributed by atoms with van der Waals surface area (Å²) in [6.07, 6.45) is 3.26. The highest BCUT2D eigenvalue weighted by molar-refractivity contribution is 6.11. The lowest BCUT2D eigenvalue weighted by Gasteiger charge is -2.25. The molecule has 0 aliphatic carbocycles. The van der Waals surface area contributed by atoms with Crippen LogP contribution in [0.5, 0.6) is 0 Å². The Labute approximate surface area is 187 Å². The molecule has 4 aromatic rings. The highest BCUT2D eigenvalue weighted by Gasteiger charge is 2.21. The van der Waals surface area contributed by atoms with Crippen LogP contribution in [0.25, 0.3) is 21.8 Å². The van der Waals surface area contributed by atoms with Gasteiger partial charge in [-0.3, -0.25) is 4.79 Å². The summed E-state index contributed by atoms with van der Waals surface area (Å²) >= 11 is 0. The molecule has 5 heteroatoms. The normalized spacial score (nSPS) is 15.4. The van der Waals surface area contributed by atoms with Gasteiger partial charge in [0.15, 0.2) is 0 Å². The number of amides is 1. The van der Waals surface area contributed by atoms with E-state index in [0.29, 0.717) is 23.9 Å². The van der Waals surface area contributed by atoms with Crippen LogP contribution in [0.15, 0.2) is 77.8 Å². The SMILES string of the molecule is NC(CCc1ccccc1)=NC(=O)c1ccc2c3ccccc3n(C3CCOCC3)c2c1. The number of nitrogens with zero attached hydrogens (tertiary/aromatic N) is 2. The third kappa shape index (κ3) is 4.04. The first-order valence-electron chi connectivity index (χ1n) is 11.2. The smallest absolute Gasteiger partial charge is 0.278 e. The Morgan fingerprint density at radius 3 is 2.47 bits per heavy atom. The number of aryl methyl sites for hydroxylation is 1. The van der Waals surface area contributed by atoms with Crippen molar-refractivity contribution < 1.29 is 9.53 Å². The molecule has 0 spiro atoms. The molecule has 2 heterocycles. The van der Waals surface area contributed by atoms with Crippen molar-refractivity contribution >= 4 is 33.5 Å². The fourth-order valence-corrected chi connectivity index (χ4v) is 4.64. The molecule has 0 saturated carbocycles. The van der Waals surface area contributed by atoms with E-state index in [1.54, 1.807) is 0 Å². The summed E-state index contributed by atoms with van der Waals surface area (Å²) in [6.45, 7) is 1.53. The second-order valence-corrected chi connectivity index (χ2v) is 8.36. The minimum atomic E-state index is -0.291. The minimum Gasteiger partial charge on any atom is -0.387 e. The maximum Gasteiger partial charge on any atom is 0.278 e. The van der Waals surface area contributed by atoms with Crippen molar-refractivity contribution in [1.29, 1.82) is 0 Å². The summed E-state index contributed by atoms with van der Waals surface area (Å²) in [5.41, 5.74) is 10.1. The summed E-state index contributed by atoms with van der Waals surface area (Å²) < 4.78 is 7.96. The number of aliphatic imine (C=N–C) groups is 1. The molecular weight excluding hydrogens is 398 g/mol. The fraction of sp³-hybridized carbons (Fsp3) is 0.259. The van der Waals surface area contributed by atoms with E-state index in [4.69, 9.17) is 10.5 Å². The van der Waals surface area contributed by atoms with Gasteiger partial charge in [0.05, 0.1) is 5.52 Å². The summed E-state index contributed by atoms with van der Waals surface area (Å²) in [7, 11) is 0. The number of carbonyl (C=O) groups is 1. The molecule has 1 amide bonds. The first kappa shape index (κ1) is 20.5. The van der Waals surface area contributed by atoms with E-state index in [-0.39, 0.29) is 5.91 Å². The third-order valence-corrected chi connectivity index (χ3v) is 6.27. The van der Waals surface area contributed by atoms with Gasteiger partial charge in [-0.1, -0.05) is 54.6 Å². The van der Waals surface area contributed by atoms with Crippen molar-refractivity contribution in [3.8, 4) is 0 Å². The number of para-hydroxylation sites is 1. The number of benzene rings is 3. The Morgan fingerprint density at radius 2 is 1.66 bits per heavy atom. The van der Waals surface area contributed by atoms with E-state index in [0.717, 1.165) is 43.4 Å². The van der Waals surface area contributed by atoms with Crippen molar-refractivity contribution in [3.05, 3.63) is 83.9 Å². The highest BCUT2D eigenvalue weighted by atomic mass is 16.5. The average molecular weight is 426 g/mol. The molecule has 32 heavy (non-hydrogen) atoms. The van der Waals surface area contributed by atoms with Crippen LogP contribution in [-0.2, 0) is 11.2 Å². The van der Waals surface area contributed by atoms with Crippen molar-refractivity contribution in [3.63, 3.8) is 0 Å². The van der Waals surface area contributed by atoms with Gasteiger partial charge in [0.1, 0.15) is 5.84 Å². The molecule has 1 fully saturated rings. The maximum atomic E-state index is 12.9.